The fraction of sp³-hybridized carbons (Fsp3) is 0.333. The number of hydrogen-bond donors (Lipinski definition) is 1. The molecule has 1 amide bonds. The molecule has 1 heterocycles. The molecule has 1 aromatic carbocycles. The smallest absolute Gasteiger partial charge is 0.252 e. The highest BCUT2D eigenvalue weighted by molar-refractivity contribution is 5.97. The molecule has 0 bridgehead atoms. The number of carbonyl (C=O) groups excluding carboxylic acids is 1. The lowest BCUT2D eigenvalue weighted by Gasteiger charge is -2.10. The molecule has 2 aromatic rings. The van der Waals surface area contributed by atoms with Gasteiger partial charge in [0.15, 0.2) is 0 Å². The van der Waals surface area contributed by atoms with Gasteiger partial charge in [-0.15, -0.1) is 0 Å². The quantitative estimate of drug-likeness (QED) is 0.909. The van der Waals surface area contributed by atoms with Crippen molar-refractivity contribution in [1.82, 2.24) is 5.16 Å². The summed E-state index contributed by atoms with van der Waals surface area (Å²) in [5, 5.41) is 3.92. The molecule has 0 aliphatic rings. The Morgan fingerprint density at radius 2 is 2.15 bits per heavy atom. The molecule has 0 aliphatic heterocycles. The zero-order chi connectivity index (χ0) is 14.7. The predicted molar refractivity (Wildman–Crippen MR) is 75.7 cm³/mol. The minimum absolute atomic E-state index is 0.371. The molecule has 0 spiro atoms. The van der Waals surface area contributed by atoms with Crippen LogP contribution in [0.25, 0.3) is 11.1 Å². The lowest BCUT2D eigenvalue weighted by molar-refractivity contribution is 0.0996. The fourth-order valence-corrected chi connectivity index (χ4v) is 2.11. The number of benzene rings is 1. The molecule has 0 radical (unpaired) electrons. The minimum Gasteiger partial charge on any atom is -0.493 e. The van der Waals surface area contributed by atoms with Crippen LogP contribution in [-0.2, 0) is 0 Å². The highest BCUT2D eigenvalue weighted by atomic mass is 16.5. The van der Waals surface area contributed by atoms with Crippen LogP contribution in [0.5, 0.6) is 5.75 Å². The summed E-state index contributed by atoms with van der Waals surface area (Å²) in [6.45, 7) is 6.24. The van der Waals surface area contributed by atoms with Gasteiger partial charge < -0.3 is 15.0 Å². The minimum atomic E-state index is -0.510. The third kappa shape index (κ3) is 2.66. The molecule has 1 aromatic heterocycles. The van der Waals surface area contributed by atoms with Crippen molar-refractivity contribution in [2.24, 2.45) is 5.73 Å². The van der Waals surface area contributed by atoms with Crippen LogP contribution in [0.15, 0.2) is 22.7 Å². The second-order valence-electron chi connectivity index (χ2n) is 4.62. The van der Waals surface area contributed by atoms with Crippen LogP contribution in [-0.4, -0.2) is 17.7 Å². The van der Waals surface area contributed by atoms with Crippen LogP contribution in [0.2, 0.25) is 0 Å². The predicted octanol–water partition coefficient (Wildman–Crippen LogP) is 2.85. The van der Waals surface area contributed by atoms with Crippen molar-refractivity contribution < 1.29 is 14.1 Å². The van der Waals surface area contributed by atoms with Gasteiger partial charge in [0.2, 0.25) is 0 Å². The SMILES string of the molecule is CCCOc1ccc(-c2c(C)noc2C)cc1C(N)=O. The van der Waals surface area contributed by atoms with Crippen molar-refractivity contribution >= 4 is 5.91 Å². The van der Waals surface area contributed by atoms with E-state index in [1.807, 2.05) is 26.8 Å². The molecule has 0 aliphatic carbocycles. The van der Waals surface area contributed by atoms with Gasteiger partial charge in [-0.25, -0.2) is 0 Å². The largest absolute Gasteiger partial charge is 0.493 e. The Morgan fingerprint density at radius 1 is 1.40 bits per heavy atom. The Hall–Kier alpha value is -2.30. The van der Waals surface area contributed by atoms with E-state index in [4.69, 9.17) is 15.0 Å². The Labute approximate surface area is 117 Å². The molecule has 0 saturated heterocycles. The monoisotopic (exact) mass is 274 g/mol. The number of hydrogen-bond acceptors (Lipinski definition) is 4. The van der Waals surface area contributed by atoms with Gasteiger partial charge in [-0.1, -0.05) is 18.1 Å². The normalized spacial score (nSPS) is 10.6. The average Bonchev–Trinajstić information content (AvgIpc) is 2.75. The van der Waals surface area contributed by atoms with E-state index in [2.05, 4.69) is 5.16 Å². The van der Waals surface area contributed by atoms with Gasteiger partial charge in [0.05, 0.1) is 17.9 Å². The van der Waals surface area contributed by atoms with E-state index >= 15 is 0 Å². The summed E-state index contributed by atoms with van der Waals surface area (Å²) in [6, 6.07) is 5.36. The Kier molecular flexibility index (Phi) is 4.08. The number of ether oxygens (including phenoxy) is 1. The number of carbonyl (C=O) groups is 1. The maximum absolute atomic E-state index is 11.6. The van der Waals surface area contributed by atoms with E-state index in [1.54, 1.807) is 12.1 Å². The van der Waals surface area contributed by atoms with E-state index in [-0.39, 0.29) is 0 Å². The van der Waals surface area contributed by atoms with Crippen LogP contribution in [0.3, 0.4) is 0 Å². The lowest BCUT2D eigenvalue weighted by atomic mass is 10.0. The molecule has 0 unspecified atom stereocenters. The number of aryl methyl sites for hydroxylation is 2. The third-order valence-corrected chi connectivity index (χ3v) is 3.03. The summed E-state index contributed by atoms with van der Waals surface area (Å²) in [6.07, 6.45) is 0.865. The van der Waals surface area contributed by atoms with Crippen molar-refractivity contribution in [1.29, 1.82) is 0 Å². The van der Waals surface area contributed by atoms with Crippen LogP contribution in [0.4, 0.5) is 0 Å². The first-order valence-corrected chi connectivity index (χ1v) is 6.54. The molecular formula is C15H18N2O3. The first-order chi connectivity index (χ1) is 9.54. The number of amides is 1. The van der Waals surface area contributed by atoms with Crippen LogP contribution in [0.1, 0.15) is 35.2 Å². The van der Waals surface area contributed by atoms with Crippen LogP contribution >= 0.6 is 0 Å². The molecule has 5 nitrogen and oxygen atoms in total. The first kappa shape index (κ1) is 14.1. The summed E-state index contributed by atoms with van der Waals surface area (Å²) in [7, 11) is 0. The van der Waals surface area contributed by atoms with Crippen molar-refractivity contribution in [3.05, 3.63) is 35.2 Å². The topological polar surface area (TPSA) is 78.3 Å². The second-order valence-corrected chi connectivity index (χ2v) is 4.62. The summed E-state index contributed by atoms with van der Waals surface area (Å²) < 4.78 is 10.7. The molecular weight excluding hydrogens is 256 g/mol. The van der Waals surface area contributed by atoms with Crippen molar-refractivity contribution in [3.63, 3.8) is 0 Å². The molecule has 0 saturated carbocycles. The zero-order valence-electron chi connectivity index (χ0n) is 11.9. The standard InChI is InChI=1S/C15H18N2O3/c1-4-7-19-13-6-5-11(8-12(13)15(16)18)14-9(2)17-20-10(14)3/h5-6,8H,4,7H2,1-3H3,(H2,16,18). The lowest BCUT2D eigenvalue weighted by Crippen LogP contribution is -2.13. The van der Waals surface area contributed by atoms with Gasteiger partial charge in [0.1, 0.15) is 11.5 Å². The van der Waals surface area contributed by atoms with E-state index in [9.17, 15) is 4.79 Å². The summed E-state index contributed by atoms with van der Waals surface area (Å²) in [5.74, 6) is 0.708. The summed E-state index contributed by atoms with van der Waals surface area (Å²) in [4.78, 5) is 11.6. The molecule has 2 rings (SSSR count). The number of primary amides is 1. The fourth-order valence-electron chi connectivity index (χ4n) is 2.11. The molecule has 5 heteroatoms. The van der Waals surface area contributed by atoms with Gasteiger partial charge in [-0.3, -0.25) is 4.79 Å². The van der Waals surface area contributed by atoms with E-state index in [1.165, 1.54) is 0 Å². The number of rotatable bonds is 5. The van der Waals surface area contributed by atoms with Crippen molar-refractivity contribution in [3.8, 4) is 16.9 Å². The molecule has 20 heavy (non-hydrogen) atoms. The highest BCUT2D eigenvalue weighted by Crippen LogP contribution is 2.30. The van der Waals surface area contributed by atoms with Gasteiger partial charge in [0.25, 0.3) is 5.91 Å². The maximum Gasteiger partial charge on any atom is 0.252 e. The summed E-state index contributed by atoms with van der Waals surface area (Å²) >= 11 is 0. The van der Waals surface area contributed by atoms with Crippen LogP contribution in [0, 0.1) is 13.8 Å². The van der Waals surface area contributed by atoms with E-state index in [0.717, 1.165) is 23.2 Å². The van der Waals surface area contributed by atoms with Crippen molar-refractivity contribution in [2.45, 2.75) is 27.2 Å². The van der Waals surface area contributed by atoms with E-state index < -0.39 is 5.91 Å². The zero-order valence-corrected chi connectivity index (χ0v) is 11.9. The first-order valence-electron chi connectivity index (χ1n) is 6.54. The average molecular weight is 274 g/mol. The Balaban J connectivity index is 2.47. The number of nitrogens with zero attached hydrogens (tertiary/aromatic N) is 1. The van der Waals surface area contributed by atoms with E-state index in [0.29, 0.717) is 23.7 Å². The van der Waals surface area contributed by atoms with Gasteiger partial charge in [-0.05, 0) is 38.0 Å². The molecule has 106 valence electrons. The van der Waals surface area contributed by atoms with Gasteiger partial charge >= 0.3 is 0 Å². The second kappa shape index (κ2) is 5.77. The highest BCUT2D eigenvalue weighted by Gasteiger charge is 2.16. The van der Waals surface area contributed by atoms with Gasteiger partial charge in [-0.2, -0.15) is 0 Å². The Morgan fingerprint density at radius 3 is 2.70 bits per heavy atom. The maximum atomic E-state index is 11.6. The van der Waals surface area contributed by atoms with Crippen LogP contribution < -0.4 is 10.5 Å². The number of aromatic nitrogens is 1. The molecule has 2 N–H and O–H groups in total. The van der Waals surface area contributed by atoms with Gasteiger partial charge in [0, 0.05) is 5.56 Å². The third-order valence-electron chi connectivity index (χ3n) is 3.03. The molecule has 0 fully saturated rings. The Bertz CT molecular complexity index is 613. The number of nitrogens with two attached hydrogens (primary N) is 1. The molecule has 0 atom stereocenters. The van der Waals surface area contributed by atoms with Crippen molar-refractivity contribution in [2.75, 3.05) is 6.61 Å². The summed E-state index contributed by atoms with van der Waals surface area (Å²) in [5.41, 5.74) is 8.31.